The second-order valence-electron chi connectivity index (χ2n) is 3.91. The van der Waals surface area contributed by atoms with E-state index in [1.54, 1.807) is 19.1 Å². The molecule has 0 radical (unpaired) electrons. The Morgan fingerprint density at radius 2 is 2.12 bits per heavy atom. The number of aryl methyl sites for hydroxylation is 2. The van der Waals surface area contributed by atoms with Crippen molar-refractivity contribution in [1.29, 1.82) is 0 Å². The van der Waals surface area contributed by atoms with Gasteiger partial charge in [-0.2, -0.15) is 0 Å². The van der Waals surface area contributed by atoms with Crippen LogP contribution in [0.5, 0.6) is 0 Å². The Bertz CT molecular complexity index is 605. The first-order valence-corrected chi connectivity index (χ1v) is 5.87. The normalized spacial score (nSPS) is 10.5. The summed E-state index contributed by atoms with van der Waals surface area (Å²) in [5, 5.41) is 0. The molecule has 1 N–H and O–H groups in total. The van der Waals surface area contributed by atoms with Gasteiger partial charge >= 0.3 is 0 Å². The molecule has 0 amide bonds. The van der Waals surface area contributed by atoms with Gasteiger partial charge in [0.05, 0.1) is 0 Å². The fraction of sp³-hybridized carbons (Fsp3) is 0.231. The van der Waals surface area contributed by atoms with Crippen LogP contribution in [0.1, 0.15) is 18.2 Å². The quantitative estimate of drug-likeness (QED) is 0.818. The highest BCUT2D eigenvalue weighted by molar-refractivity contribution is 7.71. The molecule has 1 aromatic carbocycles. The maximum absolute atomic E-state index is 13.2. The van der Waals surface area contributed by atoms with Gasteiger partial charge in [0, 0.05) is 11.3 Å². The number of benzene rings is 1. The summed E-state index contributed by atoms with van der Waals surface area (Å²) in [6.07, 6.45) is 0.860. The van der Waals surface area contributed by atoms with Crippen LogP contribution in [-0.2, 0) is 6.42 Å². The van der Waals surface area contributed by atoms with Crippen LogP contribution < -0.4 is 0 Å². The van der Waals surface area contributed by atoms with E-state index in [4.69, 9.17) is 12.2 Å². The average molecular weight is 248 g/mol. The number of nitrogens with one attached hydrogen (secondary N) is 1. The predicted molar refractivity (Wildman–Crippen MR) is 68.9 cm³/mol. The number of hydrogen-bond acceptors (Lipinski definition) is 2. The summed E-state index contributed by atoms with van der Waals surface area (Å²) >= 11 is 5.11. The summed E-state index contributed by atoms with van der Waals surface area (Å²) in [5.41, 5.74) is 2.48. The lowest BCUT2D eigenvalue weighted by Gasteiger charge is -2.05. The SMILES string of the molecule is CCc1cc(=S)nc(-c2ccc(F)c(C)c2)[nH]1. The lowest BCUT2D eigenvalue weighted by atomic mass is 10.1. The molecule has 0 aliphatic heterocycles. The van der Waals surface area contributed by atoms with Crippen molar-refractivity contribution in [3.8, 4) is 11.4 Å². The zero-order chi connectivity index (χ0) is 12.4. The Balaban J connectivity index is 2.55. The second-order valence-corrected chi connectivity index (χ2v) is 4.33. The van der Waals surface area contributed by atoms with Crippen LogP contribution in [0, 0.1) is 17.4 Å². The Labute approximate surface area is 105 Å². The molecule has 1 aromatic heterocycles. The number of nitrogens with zero attached hydrogens (tertiary/aromatic N) is 1. The second kappa shape index (κ2) is 4.75. The highest BCUT2D eigenvalue weighted by Gasteiger charge is 2.04. The van der Waals surface area contributed by atoms with Crippen molar-refractivity contribution in [2.45, 2.75) is 20.3 Å². The molecule has 1 heterocycles. The third kappa shape index (κ3) is 2.58. The van der Waals surface area contributed by atoms with E-state index < -0.39 is 0 Å². The topological polar surface area (TPSA) is 28.7 Å². The number of halogens is 1. The molecule has 0 aliphatic carbocycles. The molecule has 2 rings (SSSR count). The minimum absolute atomic E-state index is 0.209. The first-order valence-electron chi connectivity index (χ1n) is 5.47. The van der Waals surface area contributed by atoms with Gasteiger partial charge in [-0.1, -0.05) is 19.1 Å². The number of rotatable bonds is 2. The standard InChI is InChI=1S/C13H13FN2S/c1-3-10-7-12(17)16-13(15-10)9-4-5-11(14)8(2)6-9/h4-7H,3H2,1-2H3,(H,15,16,17). The molecule has 0 saturated carbocycles. The molecule has 0 aliphatic rings. The van der Waals surface area contributed by atoms with Gasteiger partial charge in [-0.15, -0.1) is 0 Å². The lowest BCUT2D eigenvalue weighted by molar-refractivity contribution is 0.618. The monoisotopic (exact) mass is 248 g/mol. The van der Waals surface area contributed by atoms with E-state index in [1.165, 1.54) is 6.07 Å². The smallest absolute Gasteiger partial charge is 0.139 e. The van der Waals surface area contributed by atoms with Crippen molar-refractivity contribution in [3.05, 3.63) is 46.0 Å². The molecule has 0 bridgehead atoms. The summed E-state index contributed by atoms with van der Waals surface area (Å²) < 4.78 is 13.7. The minimum atomic E-state index is -0.209. The Morgan fingerprint density at radius 1 is 1.35 bits per heavy atom. The van der Waals surface area contributed by atoms with E-state index >= 15 is 0 Å². The molecule has 2 aromatic rings. The van der Waals surface area contributed by atoms with Crippen molar-refractivity contribution >= 4 is 12.2 Å². The zero-order valence-corrected chi connectivity index (χ0v) is 10.6. The highest BCUT2D eigenvalue weighted by Crippen LogP contribution is 2.18. The maximum Gasteiger partial charge on any atom is 0.139 e. The van der Waals surface area contributed by atoms with E-state index in [1.807, 2.05) is 13.0 Å². The van der Waals surface area contributed by atoms with Gasteiger partial charge in [0.25, 0.3) is 0 Å². The third-order valence-corrected chi connectivity index (χ3v) is 2.82. The van der Waals surface area contributed by atoms with E-state index in [-0.39, 0.29) is 5.82 Å². The Hall–Kier alpha value is -1.55. The molecule has 0 atom stereocenters. The van der Waals surface area contributed by atoms with Crippen molar-refractivity contribution < 1.29 is 4.39 Å². The largest absolute Gasteiger partial charge is 0.343 e. The van der Waals surface area contributed by atoms with Gasteiger partial charge in [-0.05, 0) is 43.2 Å². The first kappa shape index (κ1) is 11.9. The van der Waals surface area contributed by atoms with Crippen molar-refractivity contribution in [2.24, 2.45) is 0 Å². The van der Waals surface area contributed by atoms with Crippen LogP contribution in [0.4, 0.5) is 4.39 Å². The molecule has 0 spiro atoms. The first-order chi connectivity index (χ1) is 8.10. The van der Waals surface area contributed by atoms with Crippen LogP contribution in [-0.4, -0.2) is 9.97 Å². The highest BCUT2D eigenvalue weighted by atomic mass is 32.1. The molecule has 4 heteroatoms. The predicted octanol–water partition coefficient (Wildman–Crippen LogP) is 3.82. The van der Waals surface area contributed by atoms with Crippen molar-refractivity contribution in [3.63, 3.8) is 0 Å². The van der Waals surface area contributed by atoms with Gasteiger partial charge in [0.1, 0.15) is 16.3 Å². The summed E-state index contributed by atoms with van der Waals surface area (Å²) in [5.74, 6) is 0.483. The number of aromatic amines is 1. The fourth-order valence-corrected chi connectivity index (χ4v) is 1.86. The third-order valence-electron chi connectivity index (χ3n) is 2.61. The number of aromatic nitrogens is 2. The summed E-state index contributed by atoms with van der Waals surface area (Å²) in [4.78, 5) is 7.46. The molecule has 88 valence electrons. The van der Waals surface area contributed by atoms with E-state index in [2.05, 4.69) is 9.97 Å². The summed E-state index contributed by atoms with van der Waals surface area (Å²) in [7, 11) is 0. The van der Waals surface area contributed by atoms with Crippen LogP contribution in [0.3, 0.4) is 0 Å². The molecule has 0 saturated heterocycles. The van der Waals surface area contributed by atoms with Gasteiger partial charge in [0.15, 0.2) is 0 Å². The molecular weight excluding hydrogens is 235 g/mol. The van der Waals surface area contributed by atoms with E-state index in [0.29, 0.717) is 16.0 Å². The van der Waals surface area contributed by atoms with Gasteiger partial charge in [0.2, 0.25) is 0 Å². The molecule has 0 unspecified atom stereocenters. The van der Waals surface area contributed by atoms with Crippen molar-refractivity contribution in [2.75, 3.05) is 0 Å². The number of hydrogen-bond donors (Lipinski definition) is 1. The summed E-state index contributed by atoms with van der Waals surface area (Å²) in [6.45, 7) is 3.78. The minimum Gasteiger partial charge on any atom is -0.343 e. The zero-order valence-electron chi connectivity index (χ0n) is 9.75. The Morgan fingerprint density at radius 3 is 2.76 bits per heavy atom. The maximum atomic E-state index is 13.2. The lowest BCUT2D eigenvalue weighted by Crippen LogP contribution is -1.95. The van der Waals surface area contributed by atoms with Crippen LogP contribution in [0.15, 0.2) is 24.3 Å². The summed E-state index contributed by atoms with van der Waals surface area (Å²) in [6, 6.07) is 6.76. The van der Waals surface area contributed by atoms with Crippen LogP contribution in [0.2, 0.25) is 0 Å². The average Bonchev–Trinajstić information content (AvgIpc) is 2.32. The molecule has 17 heavy (non-hydrogen) atoms. The Kier molecular flexibility index (Phi) is 3.33. The number of H-pyrrole nitrogens is 1. The van der Waals surface area contributed by atoms with Gasteiger partial charge in [-0.25, -0.2) is 9.37 Å². The van der Waals surface area contributed by atoms with Crippen LogP contribution >= 0.6 is 12.2 Å². The van der Waals surface area contributed by atoms with E-state index in [9.17, 15) is 4.39 Å². The van der Waals surface area contributed by atoms with Crippen molar-refractivity contribution in [1.82, 2.24) is 9.97 Å². The van der Waals surface area contributed by atoms with Crippen LogP contribution in [0.25, 0.3) is 11.4 Å². The van der Waals surface area contributed by atoms with Gasteiger partial charge < -0.3 is 4.98 Å². The fourth-order valence-electron chi connectivity index (χ4n) is 1.63. The van der Waals surface area contributed by atoms with Gasteiger partial charge in [-0.3, -0.25) is 0 Å². The molecule has 2 nitrogen and oxygen atoms in total. The molecule has 0 fully saturated rings. The van der Waals surface area contributed by atoms with E-state index in [0.717, 1.165) is 17.7 Å². The molecular formula is C13H13FN2S.